The fourth-order valence-corrected chi connectivity index (χ4v) is 5.46. The second kappa shape index (κ2) is 8.45. The Morgan fingerprint density at radius 3 is 2.25 bits per heavy atom. The fraction of sp³-hybridized carbons (Fsp3) is 0.194. The molecule has 2 aliphatic rings. The fourth-order valence-electron chi connectivity index (χ4n) is 5.46. The van der Waals surface area contributed by atoms with E-state index in [4.69, 9.17) is 9.47 Å². The first-order chi connectivity index (χ1) is 17.6. The number of hydrogen-bond acceptors (Lipinski definition) is 5. The summed E-state index contributed by atoms with van der Waals surface area (Å²) in [5, 5.41) is 3.63. The van der Waals surface area contributed by atoms with Crippen molar-refractivity contribution >= 4 is 23.0 Å². The molecule has 0 fully saturated rings. The van der Waals surface area contributed by atoms with Gasteiger partial charge in [-0.25, -0.2) is 4.79 Å². The third-order valence-electron chi connectivity index (χ3n) is 7.16. The molecule has 0 aliphatic carbocycles. The number of fused-ring (bicyclic) bond motifs is 6. The zero-order valence-electron chi connectivity index (χ0n) is 20.7. The van der Waals surface area contributed by atoms with Gasteiger partial charge in [0.05, 0.1) is 22.5 Å². The molecule has 0 amide bonds. The average Bonchev–Trinajstić information content (AvgIpc) is 3.20. The van der Waals surface area contributed by atoms with Crippen LogP contribution in [0.5, 0.6) is 11.5 Å². The number of para-hydroxylation sites is 1. The normalized spacial score (nSPS) is 17.0. The lowest BCUT2D eigenvalue weighted by Gasteiger charge is -2.40. The summed E-state index contributed by atoms with van der Waals surface area (Å²) in [6.45, 7) is 7.91. The second-order valence-corrected chi connectivity index (χ2v) is 9.21. The van der Waals surface area contributed by atoms with Gasteiger partial charge in [-0.05, 0) is 57.2 Å². The number of anilines is 3. The number of aryl methyl sites for hydroxylation is 1. The van der Waals surface area contributed by atoms with E-state index in [9.17, 15) is 4.79 Å². The molecule has 2 aliphatic heterocycles. The summed E-state index contributed by atoms with van der Waals surface area (Å²) in [4.78, 5) is 15.6. The quantitative estimate of drug-likeness (QED) is 0.310. The number of nitrogens with zero attached hydrogens (tertiary/aromatic N) is 1. The van der Waals surface area contributed by atoms with Crippen molar-refractivity contribution in [3.05, 3.63) is 113 Å². The van der Waals surface area contributed by atoms with Crippen LogP contribution in [0, 0.1) is 6.92 Å². The molecule has 0 radical (unpaired) electrons. The van der Waals surface area contributed by atoms with Gasteiger partial charge in [0, 0.05) is 29.9 Å². The molecule has 36 heavy (non-hydrogen) atoms. The van der Waals surface area contributed by atoms with Gasteiger partial charge in [-0.3, -0.25) is 0 Å². The van der Waals surface area contributed by atoms with Gasteiger partial charge in [-0.2, -0.15) is 0 Å². The third kappa shape index (κ3) is 3.19. The highest BCUT2D eigenvalue weighted by Gasteiger charge is 2.55. The first kappa shape index (κ1) is 22.2. The Balaban J connectivity index is 1.67. The molecule has 0 saturated heterocycles. The number of carbonyl (C=O) groups excluding carboxylic acids is 1. The Morgan fingerprint density at radius 2 is 1.50 bits per heavy atom. The van der Waals surface area contributed by atoms with Crippen LogP contribution in [0.15, 0.2) is 84.9 Å². The molecule has 1 spiro atoms. The highest BCUT2D eigenvalue weighted by molar-refractivity contribution is 5.98. The van der Waals surface area contributed by atoms with Crippen molar-refractivity contribution < 1.29 is 14.3 Å². The maximum atomic E-state index is 13.3. The topological polar surface area (TPSA) is 50.8 Å². The summed E-state index contributed by atoms with van der Waals surface area (Å²) in [7, 11) is 0. The molecule has 4 aromatic carbocycles. The molecule has 1 atom stereocenters. The standard InChI is InChI=1S/C31H28N2O3/c1-4-33(5-2)29-25(32-21-16-14-20(3)15-17-21)18-19-27-28(29)31(24-12-8-9-13-26(24)35-27)23-11-7-6-10-22(23)30(34)36-31/h6-19,32H,4-5H2,1-3H3. The van der Waals surface area contributed by atoms with Crippen molar-refractivity contribution in [1.29, 1.82) is 0 Å². The highest BCUT2D eigenvalue weighted by atomic mass is 16.6. The highest BCUT2D eigenvalue weighted by Crippen LogP contribution is 2.59. The van der Waals surface area contributed by atoms with Crippen LogP contribution in [0.2, 0.25) is 0 Å². The predicted octanol–water partition coefficient (Wildman–Crippen LogP) is 7.15. The first-order valence-electron chi connectivity index (χ1n) is 12.4. The molecular weight excluding hydrogens is 448 g/mol. The zero-order chi connectivity index (χ0) is 24.9. The Bertz CT molecular complexity index is 1470. The van der Waals surface area contributed by atoms with Crippen molar-refractivity contribution in [2.24, 2.45) is 0 Å². The van der Waals surface area contributed by atoms with Gasteiger partial charge < -0.3 is 19.7 Å². The Morgan fingerprint density at radius 1 is 0.806 bits per heavy atom. The number of rotatable bonds is 5. The van der Waals surface area contributed by atoms with Gasteiger partial charge in [0.2, 0.25) is 0 Å². The minimum Gasteiger partial charge on any atom is -0.456 e. The molecule has 0 saturated carbocycles. The van der Waals surface area contributed by atoms with Crippen LogP contribution in [0.25, 0.3) is 0 Å². The molecule has 2 heterocycles. The first-order valence-corrected chi connectivity index (χ1v) is 12.4. The van der Waals surface area contributed by atoms with Gasteiger partial charge in [-0.15, -0.1) is 0 Å². The molecule has 4 aromatic rings. The zero-order valence-corrected chi connectivity index (χ0v) is 20.7. The van der Waals surface area contributed by atoms with Crippen LogP contribution in [0.1, 0.15) is 46.5 Å². The summed E-state index contributed by atoms with van der Waals surface area (Å²) >= 11 is 0. The van der Waals surface area contributed by atoms with Crippen molar-refractivity contribution in [2.45, 2.75) is 26.4 Å². The van der Waals surface area contributed by atoms with E-state index in [0.29, 0.717) is 17.1 Å². The van der Waals surface area contributed by atoms with E-state index in [2.05, 4.69) is 61.3 Å². The smallest absolute Gasteiger partial charge is 0.340 e. The van der Waals surface area contributed by atoms with Crippen molar-refractivity contribution in [3.63, 3.8) is 0 Å². The predicted molar refractivity (Wildman–Crippen MR) is 143 cm³/mol. The number of esters is 1. The van der Waals surface area contributed by atoms with Crippen LogP contribution in [-0.2, 0) is 10.3 Å². The number of hydrogen-bond donors (Lipinski definition) is 1. The summed E-state index contributed by atoms with van der Waals surface area (Å²) in [5.41, 5.74) is 6.09. The Labute approximate surface area is 211 Å². The minimum absolute atomic E-state index is 0.323. The molecule has 1 N–H and O–H groups in total. The summed E-state index contributed by atoms with van der Waals surface area (Å²) in [6, 6.07) is 27.9. The maximum Gasteiger partial charge on any atom is 0.340 e. The molecule has 6 rings (SSSR count). The summed E-state index contributed by atoms with van der Waals surface area (Å²) in [6.07, 6.45) is 0. The van der Waals surface area contributed by atoms with Crippen LogP contribution < -0.4 is 15.0 Å². The van der Waals surface area contributed by atoms with Crippen LogP contribution in [0.4, 0.5) is 17.1 Å². The van der Waals surface area contributed by atoms with E-state index in [1.54, 1.807) is 0 Å². The van der Waals surface area contributed by atoms with Crippen LogP contribution in [-0.4, -0.2) is 19.1 Å². The lowest BCUT2D eigenvalue weighted by atomic mass is 9.76. The van der Waals surface area contributed by atoms with Gasteiger partial charge >= 0.3 is 5.97 Å². The van der Waals surface area contributed by atoms with Crippen molar-refractivity contribution in [3.8, 4) is 11.5 Å². The van der Waals surface area contributed by atoms with Crippen LogP contribution >= 0.6 is 0 Å². The van der Waals surface area contributed by atoms with E-state index in [0.717, 1.165) is 46.8 Å². The largest absolute Gasteiger partial charge is 0.456 e. The lowest BCUT2D eigenvalue weighted by molar-refractivity contribution is 0.0226. The second-order valence-electron chi connectivity index (χ2n) is 9.21. The summed E-state index contributed by atoms with van der Waals surface area (Å²) < 4.78 is 12.9. The van der Waals surface area contributed by atoms with E-state index in [1.807, 2.05) is 54.6 Å². The van der Waals surface area contributed by atoms with Crippen molar-refractivity contribution in [1.82, 2.24) is 0 Å². The van der Waals surface area contributed by atoms with E-state index in [1.165, 1.54) is 5.56 Å². The summed E-state index contributed by atoms with van der Waals surface area (Å²) in [5.74, 6) is 1.06. The van der Waals surface area contributed by atoms with E-state index in [-0.39, 0.29) is 5.97 Å². The minimum atomic E-state index is -1.11. The molecule has 0 bridgehead atoms. The Kier molecular flexibility index (Phi) is 5.22. The van der Waals surface area contributed by atoms with Gasteiger partial charge in [-0.1, -0.05) is 54.1 Å². The van der Waals surface area contributed by atoms with Gasteiger partial charge in [0.25, 0.3) is 0 Å². The SMILES string of the molecule is CCN(CC)c1c(Nc2ccc(C)cc2)ccc2c1C1(OC(=O)c3ccccc31)c1ccccc1O2. The third-order valence-corrected chi connectivity index (χ3v) is 7.16. The molecule has 5 nitrogen and oxygen atoms in total. The molecule has 1 unspecified atom stereocenters. The number of nitrogens with one attached hydrogen (secondary N) is 1. The molecular formula is C31H28N2O3. The molecule has 0 aromatic heterocycles. The van der Waals surface area contributed by atoms with Gasteiger partial charge in [0.1, 0.15) is 11.5 Å². The van der Waals surface area contributed by atoms with Gasteiger partial charge in [0.15, 0.2) is 5.60 Å². The van der Waals surface area contributed by atoms with E-state index >= 15 is 0 Å². The Hall–Kier alpha value is -4.25. The molecule has 5 heteroatoms. The monoisotopic (exact) mass is 476 g/mol. The van der Waals surface area contributed by atoms with Crippen molar-refractivity contribution in [2.75, 3.05) is 23.3 Å². The number of carbonyl (C=O) groups is 1. The molecule has 180 valence electrons. The number of benzene rings is 4. The lowest BCUT2D eigenvalue weighted by Crippen LogP contribution is -2.36. The number of ether oxygens (including phenoxy) is 2. The average molecular weight is 477 g/mol. The van der Waals surface area contributed by atoms with E-state index < -0.39 is 5.60 Å². The van der Waals surface area contributed by atoms with Crippen LogP contribution in [0.3, 0.4) is 0 Å². The maximum absolute atomic E-state index is 13.3.